The molecule has 0 N–H and O–H groups in total. The highest BCUT2D eigenvalue weighted by molar-refractivity contribution is 7.99. The molecule has 3 aromatic carbocycles. The largest absolute Gasteiger partial charge is 0.466 e. The van der Waals surface area contributed by atoms with Crippen LogP contribution in [0.1, 0.15) is 32.3 Å². The second-order valence-electron chi connectivity index (χ2n) is 7.99. The van der Waals surface area contributed by atoms with E-state index in [1.807, 2.05) is 37.3 Å². The summed E-state index contributed by atoms with van der Waals surface area (Å²) in [6, 6.07) is 24.7. The lowest BCUT2D eigenvalue weighted by molar-refractivity contribution is -0.155. The second kappa shape index (κ2) is 13.0. The standard InChI is InChI=1S/C27H33O4PS/c1-3-30-26(28)25(16-10-13-21-11-6-5-7-12-21)27(32-29,31-4-2)20-33-24-18-17-22-14-8-9-15-23(22)19-24/h5-9,11-12,14-15,17-19,25H,3-4,10,13,16,20,32H2,1-2H3. The molecule has 0 fully saturated rings. The van der Waals surface area contributed by atoms with Crippen molar-refractivity contribution in [3.63, 3.8) is 0 Å². The maximum absolute atomic E-state index is 13.0. The summed E-state index contributed by atoms with van der Waals surface area (Å²) in [5.41, 5.74) is 1.22. The van der Waals surface area contributed by atoms with E-state index in [-0.39, 0.29) is 5.97 Å². The monoisotopic (exact) mass is 484 g/mol. The Balaban J connectivity index is 1.79. The molecule has 0 aliphatic rings. The SMILES string of the molecule is CCOC(=O)C(CCCc1ccccc1)C(CSc1ccc2ccccc2c1)(OCC)[PH2]=O. The molecule has 0 radical (unpaired) electrons. The van der Waals surface area contributed by atoms with Crippen molar-refractivity contribution in [1.82, 2.24) is 0 Å². The molecule has 3 unspecified atom stereocenters. The van der Waals surface area contributed by atoms with E-state index < -0.39 is 19.7 Å². The summed E-state index contributed by atoms with van der Waals surface area (Å²) in [6.45, 7) is 4.37. The van der Waals surface area contributed by atoms with E-state index in [9.17, 15) is 9.36 Å². The van der Waals surface area contributed by atoms with Gasteiger partial charge in [0, 0.05) is 17.3 Å². The smallest absolute Gasteiger partial charge is 0.312 e. The van der Waals surface area contributed by atoms with Gasteiger partial charge in [0.15, 0.2) is 0 Å². The predicted molar refractivity (Wildman–Crippen MR) is 139 cm³/mol. The minimum atomic E-state index is -1.36. The number of carbonyl (C=O) groups is 1. The van der Waals surface area contributed by atoms with Crippen molar-refractivity contribution < 1.29 is 18.8 Å². The lowest BCUT2D eigenvalue weighted by Crippen LogP contribution is -2.43. The van der Waals surface area contributed by atoms with Gasteiger partial charge in [0.1, 0.15) is 5.34 Å². The van der Waals surface area contributed by atoms with Gasteiger partial charge in [0.2, 0.25) is 0 Å². The molecule has 3 rings (SSSR count). The number of thioether (sulfide) groups is 1. The molecule has 0 spiro atoms. The average molecular weight is 485 g/mol. The van der Waals surface area contributed by atoms with Gasteiger partial charge in [-0.2, -0.15) is 0 Å². The lowest BCUT2D eigenvalue weighted by atomic mass is 9.94. The van der Waals surface area contributed by atoms with E-state index in [2.05, 4.69) is 42.5 Å². The molecular weight excluding hydrogens is 451 g/mol. The molecule has 0 aliphatic heterocycles. The van der Waals surface area contributed by atoms with Crippen LogP contribution in [0.3, 0.4) is 0 Å². The number of ether oxygens (including phenoxy) is 2. The maximum atomic E-state index is 13.0. The number of rotatable bonds is 13. The highest BCUT2D eigenvalue weighted by Gasteiger charge is 2.44. The van der Waals surface area contributed by atoms with Crippen molar-refractivity contribution in [2.45, 2.75) is 43.3 Å². The van der Waals surface area contributed by atoms with E-state index in [4.69, 9.17) is 9.47 Å². The number of esters is 1. The Kier molecular flexibility index (Phi) is 10.1. The van der Waals surface area contributed by atoms with E-state index in [1.165, 1.54) is 10.9 Å². The van der Waals surface area contributed by atoms with Crippen molar-refractivity contribution in [1.29, 1.82) is 0 Å². The molecule has 4 nitrogen and oxygen atoms in total. The van der Waals surface area contributed by atoms with Crippen LogP contribution in [0.4, 0.5) is 0 Å². The minimum Gasteiger partial charge on any atom is -0.466 e. The van der Waals surface area contributed by atoms with Gasteiger partial charge in [0.05, 0.1) is 21.0 Å². The van der Waals surface area contributed by atoms with Crippen LogP contribution in [-0.4, -0.2) is 30.3 Å². The Bertz CT molecular complexity index is 1040. The summed E-state index contributed by atoms with van der Waals surface area (Å²) in [5.74, 6) is -0.449. The molecular formula is C27H33O4PS. The second-order valence-corrected chi connectivity index (χ2v) is 10.2. The Hall–Kier alpha value is -2.07. The summed E-state index contributed by atoms with van der Waals surface area (Å²) >= 11 is 1.59. The molecule has 0 aromatic heterocycles. The molecule has 0 bridgehead atoms. The Morgan fingerprint density at radius 1 is 0.970 bits per heavy atom. The van der Waals surface area contributed by atoms with Crippen molar-refractivity contribution in [3.05, 3.63) is 78.4 Å². The molecule has 0 saturated heterocycles. The zero-order valence-corrected chi connectivity index (χ0v) is 21.3. The van der Waals surface area contributed by atoms with Crippen molar-refractivity contribution in [2.24, 2.45) is 5.92 Å². The molecule has 6 heteroatoms. The Morgan fingerprint density at radius 3 is 2.39 bits per heavy atom. The van der Waals surface area contributed by atoms with Crippen LogP contribution in [0.25, 0.3) is 10.8 Å². The van der Waals surface area contributed by atoms with E-state index in [1.54, 1.807) is 18.7 Å². The first-order chi connectivity index (χ1) is 16.1. The maximum Gasteiger partial charge on any atom is 0.312 e. The summed E-state index contributed by atoms with van der Waals surface area (Å²) in [4.78, 5) is 14.1. The van der Waals surface area contributed by atoms with E-state index in [0.717, 1.165) is 23.1 Å². The van der Waals surface area contributed by atoms with Crippen molar-refractivity contribution in [3.8, 4) is 0 Å². The Labute approximate surface area is 202 Å². The predicted octanol–water partition coefficient (Wildman–Crippen LogP) is 6.62. The number of hydrogen-bond acceptors (Lipinski definition) is 5. The third kappa shape index (κ3) is 6.96. The molecule has 176 valence electrons. The van der Waals surface area contributed by atoms with Crippen LogP contribution in [0, 0.1) is 5.92 Å². The quantitative estimate of drug-likeness (QED) is 0.155. The van der Waals surface area contributed by atoms with Gasteiger partial charge in [-0.25, -0.2) is 0 Å². The first-order valence-electron chi connectivity index (χ1n) is 11.5. The van der Waals surface area contributed by atoms with Gasteiger partial charge in [-0.15, -0.1) is 11.8 Å². The van der Waals surface area contributed by atoms with Crippen molar-refractivity contribution in [2.75, 3.05) is 19.0 Å². The van der Waals surface area contributed by atoms with Crippen molar-refractivity contribution >= 4 is 37.0 Å². The fourth-order valence-electron chi connectivity index (χ4n) is 4.07. The summed E-state index contributed by atoms with van der Waals surface area (Å²) < 4.78 is 24.2. The highest BCUT2D eigenvalue weighted by Crippen LogP contribution is 2.42. The van der Waals surface area contributed by atoms with Crippen LogP contribution in [0.5, 0.6) is 0 Å². The molecule has 3 atom stereocenters. The van der Waals surface area contributed by atoms with Crippen LogP contribution >= 0.6 is 20.2 Å². The number of benzene rings is 3. The summed E-state index contributed by atoms with van der Waals surface area (Å²) in [5, 5.41) is 1.30. The molecule has 0 aliphatic carbocycles. The number of fused-ring (bicyclic) bond motifs is 1. The zero-order chi connectivity index (χ0) is 23.5. The molecule has 0 amide bonds. The minimum absolute atomic E-state index is 0.294. The molecule has 33 heavy (non-hydrogen) atoms. The highest BCUT2D eigenvalue weighted by atomic mass is 32.2. The van der Waals surface area contributed by atoms with Gasteiger partial charge in [-0.3, -0.25) is 4.79 Å². The zero-order valence-electron chi connectivity index (χ0n) is 19.4. The number of carbonyl (C=O) groups excluding carboxylic acids is 1. The van der Waals surface area contributed by atoms with E-state index >= 15 is 0 Å². The molecule has 0 saturated carbocycles. The van der Waals surface area contributed by atoms with Gasteiger partial charge in [-0.1, -0.05) is 60.7 Å². The first-order valence-corrected chi connectivity index (χ1v) is 13.6. The first kappa shape index (κ1) is 25.6. The van der Waals surface area contributed by atoms with Crippen LogP contribution in [0.15, 0.2) is 77.7 Å². The van der Waals surface area contributed by atoms with E-state index in [0.29, 0.717) is 25.4 Å². The summed E-state index contributed by atoms with van der Waals surface area (Å²) in [6.07, 6.45) is 2.22. The van der Waals surface area contributed by atoms with Gasteiger partial charge >= 0.3 is 5.97 Å². The molecule has 3 aromatic rings. The number of aryl methyl sites for hydroxylation is 1. The third-order valence-electron chi connectivity index (χ3n) is 5.76. The van der Waals surface area contributed by atoms with Gasteiger partial charge in [0.25, 0.3) is 0 Å². The van der Waals surface area contributed by atoms with Crippen LogP contribution in [-0.2, 0) is 25.3 Å². The normalized spacial score (nSPS) is 14.4. The van der Waals surface area contributed by atoms with Crippen LogP contribution in [0.2, 0.25) is 0 Å². The third-order valence-corrected chi connectivity index (χ3v) is 8.41. The average Bonchev–Trinajstić information content (AvgIpc) is 2.85. The fourth-order valence-corrected chi connectivity index (χ4v) is 6.35. The van der Waals surface area contributed by atoms with Gasteiger partial charge < -0.3 is 14.0 Å². The Morgan fingerprint density at radius 2 is 1.70 bits per heavy atom. The number of hydrogen-bond donors (Lipinski definition) is 0. The lowest BCUT2D eigenvalue weighted by Gasteiger charge is -2.35. The van der Waals surface area contributed by atoms with Crippen LogP contribution < -0.4 is 0 Å². The molecule has 0 heterocycles. The fraction of sp³-hybridized carbons (Fsp3) is 0.370. The van der Waals surface area contributed by atoms with Gasteiger partial charge in [-0.05, 0) is 61.6 Å². The topological polar surface area (TPSA) is 52.6 Å². The summed E-state index contributed by atoms with van der Waals surface area (Å²) in [7, 11) is -1.36.